The van der Waals surface area contributed by atoms with Crippen molar-refractivity contribution in [2.45, 2.75) is 6.54 Å². The first-order chi connectivity index (χ1) is 11.8. The fourth-order valence-corrected chi connectivity index (χ4v) is 2.71. The van der Waals surface area contributed by atoms with Gasteiger partial charge in [-0.1, -0.05) is 23.7 Å². The molecule has 0 unspecified atom stereocenters. The van der Waals surface area contributed by atoms with Crippen LogP contribution in [0.25, 0.3) is 16.6 Å². The molecule has 0 aliphatic carbocycles. The Kier molecular flexibility index (Phi) is 3.84. The Morgan fingerprint density at radius 3 is 2.71 bits per heavy atom. The van der Waals surface area contributed by atoms with Crippen LogP contribution in [0.15, 0.2) is 67.3 Å². The molecule has 1 N–H and O–H groups in total. The summed E-state index contributed by atoms with van der Waals surface area (Å²) in [4.78, 5) is 8.58. The summed E-state index contributed by atoms with van der Waals surface area (Å²) in [7, 11) is 0. The van der Waals surface area contributed by atoms with Gasteiger partial charge in [0.15, 0.2) is 0 Å². The molecule has 0 aliphatic heterocycles. The van der Waals surface area contributed by atoms with Gasteiger partial charge in [-0.25, -0.2) is 14.6 Å². The molecule has 0 amide bonds. The van der Waals surface area contributed by atoms with Crippen LogP contribution in [0.3, 0.4) is 0 Å². The molecule has 0 saturated heterocycles. The van der Waals surface area contributed by atoms with Gasteiger partial charge in [0.05, 0.1) is 11.2 Å². The second-order valence-corrected chi connectivity index (χ2v) is 5.79. The summed E-state index contributed by atoms with van der Waals surface area (Å²) >= 11 is 6.01. The summed E-state index contributed by atoms with van der Waals surface area (Å²) in [5.41, 5.74) is 3.02. The van der Waals surface area contributed by atoms with Crippen molar-refractivity contribution in [3.05, 3.63) is 77.8 Å². The van der Waals surface area contributed by atoms with Crippen LogP contribution < -0.4 is 5.32 Å². The average Bonchev–Trinajstić information content (AvgIpc) is 3.14. The molecule has 2 aromatic heterocycles. The maximum atomic E-state index is 6.01. The fourth-order valence-electron chi connectivity index (χ4n) is 2.54. The van der Waals surface area contributed by atoms with E-state index in [9.17, 15) is 0 Å². The van der Waals surface area contributed by atoms with Gasteiger partial charge in [0.2, 0.25) is 0 Å². The third-order valence-electron chi connectivity index (χ3n) is 3.76. The van der Waals surface area contributed by atoms with Gasteiger partial charge in [-0.3, -0.25) is 0 Å². The summed E-state index contributed by atoms with van der Waals surface area (Å²) < 4.78 is 1.83. The number of halogens is 1. The SMILES string of the molecule is Clc1ccc2c(NCc3ccc(-n4cccn4)cc3)ncnc2c1. The lowest BCUT2D eigenvalue weighted by Gasteiger charge is -2.09. The van der Waals surface area contributed by atoms with Gasteiger partial charge in [0.1, 0.15) is 12.1 Å². The van der Waals surface area contributed by atoms with Crippen LogP contribution in [0.4, 0.5) is 5.82 Å². The Labute approximate surface area is 143 Å². The number of fused-ring (bicyclic) bond motifs is 1. The van der Waals surface area contributed by atoms with Gasteiger partial charge >= 0.3 is 0 Å². The first kappa shape index (κ1) is 14.7. The number of rotatable bonds is 4. The first-order valence-electron chi connectivity index (χ1n) is 7.53. The lowest BCUT2D eigenvalue weighted by molar-refractivity contribution is 0.879. The standard InChI is InChI=1S/C18H14ClN5/c19-14-4-7-16-17(10-14)21-12-22-18(16)20-11-13-2-5-15(6-3-13)24-9-1-8-23-24/h1-10,12H,11H2,(H,20,21,22). The van der Waals surface area contributed by atoms with Crippen LogP contribution in [0, 0.1) is 0 Å². The second kappa shape index (κ2) is 6.29. The highest BCUT2D eigenvalue weighted by molar-refractivity contribution is 6.31. The number of hydrogen-bond donors (Lipinski definition) is 1. The van der Waals surface area contributed by atoms with Crippen molar-refractivity contribution in [1.29, 1.82) is 0 Å². The Morgan fingerprint density at radius 2 is 1.92 bits per heavy atom. The van der Waals surface area contributed by atoms with E-state index in [2.05, 4.69) is 32.5 Å². The van der Waals surface area contributed by atoms with Gasteiger partial charge < -0.3 is 5.32 Å². The molecule has 0 spiro atoms. The van der Waals surface area contributed by atoms with Crippen molar-refractivity contribution in [3.8, 4) is 5.69 Å². The zero-order chi connectivity index (χ0) is 16.4. The van der Waals surface area contributed by atoms with Gasteiger partial charge in [0.25, 0.3) is 0 Å². The van der Waals surface area contributed by atoms with E-state index in [1.54, 1.807) is 12.5 Å². The van der Waals surface area contributed by atoms with E-state index in [1.807, 2.05) is 47.3 Å². The first-order valence-corrected chi connectivity index (χ1v) is 7.90. The molecule has 0 bridgehead atoms. The largest absolute Gasteiger partial charge is 0.365 e. The molecule has 0 radical (unpaired) electrons. The van der Waals surface area contributed by atoms with E-state index < -0.39 is 0 Å². The van der Waals surface area contributed by atoms with Crippen molar-refractivity contribution < 1.29 is 0 Å². The number of nitrogens with one attached hydrogen (secondary N) is 1. The average molecular weight is 336 g/mol. The molecule has 6 heteroatoms. The summed E-state index contributed by atoms with van der Waals surface area (Å²) in [5.74, 6) is 0.799. The molecule has 5 nitrogen and oxygen atoms in total. The second-order valence-electron chi connectivity index (χ2n) is 5.35. The van der Waals surface area contributed by atoms with Crippen LogP contribution >= 0.6 is 11.6 Å². The van der Waals surface area contributed by atoms with Crippen LogP contribution in [-0.2, 0) is 6.54 Å². The molecule has 2 aromatic carbocycles. The summed E-state index contributed by atoms with van der Waals surface area (Å²) in [6.07, 6.45) is 5.23. The minimum Gasteiger partial charge on any atom is -0.365 e. The van der Waals surface area contributed by atoms with Gasteiger partial charge in [-0.2, -0.15) is 5.10 Å². The number of aromatic nitrogens is 4. The Bertz CT molecular complexity index is 965. The van der Waals surface area contributed by atoms with Gasteiger partial charge in [-0.15, -0.1) is 0 Å². The van der Waals surface area contributed by atoms with E-state index in [0.29, 0.717) is 11.6 Å². The lowest BCUT2D eigenvalue weighted by atomic mass is 10.2. The molecule has 118 valence electrons. The number of benzene rings is 2. The highest BCUT2D eigenvalue weighted by Gasteiger charge is 2.04. The smallest absolute Gasteiger partial charge is 0.137 e. The van der Waals surface area contributed by atoms with Crippen LogP contribution in [0.1, 0.15) is 5.56 Å². The molecule has 0 atom stereocenters. The normalized spacial score (nSPS) is 10.9. The summed E-state index contributed by atoms with van der Waals surface area (Å²) in [5, 5.41) is 9.21. The zero-order valence-corrected chi connectivity index (χ0v) is 13.5. The molecular weight excluding hydrogens is 322 g/mol. The van der Waals surface area contributed by atoms with Crippen LogP contribution in [0.2, 0.25) is 5.02 Å². The van der Waals surface area contributed by atoms with Crippen molar-refractivity contribution >= 4 is 28.3 Å². The van der Waals surface area contributed by atoms with E-state index in [0.717, 1.165) is 28.0 Å². The van der Waals surface area contributed by atoms with Crippen molar-refractivity contribution in [3.63, 3.8) is 0 Å². The van der Waals surface area contributed by atoms with Crippen molar-refractivity contribution in [2.75, 3.05) is 5.32 Å². The van der Waals surface area contributed by atoms with Gasteiger partial charge in [0, 0.05) is 29.3 Å². The minimum absolute atomic E-state index is 0.668. The Hall–Kier alpha value is -2.92. The molecule has 4 aromatic rings. The number of nitrogens with zero attached hydrogens (tertiary/aromatic N) is 4. The minimum atomic E-state index is 0.668. The van der Waals surface area contributed by atoms with E-state index in [-0.39, 0.29) is 0 Å². The fraction of sp³-hybridized carbons (Fsp3) is 0.0556. The van der Waals surface area contributed by atoms with E-state index in [4.69, 9.17) is 11.6 Å². The Balaban J connectivity index is 1.53. The summed E-state index contributed by atoms with van der Waals surface area (Å²) in [6.45, 7) is 0.675. The third-order valence-corrected chi connectivity index (χ3v) is 4.00. The Morgan fingerprint density at radius 1 is 1.04 bits per heavy atom. The molecule has 0 saturated carbocycles. The maximum Gasteiger partial charge on any atom is 0.137 e. The van der Waals surface area contributed by atoms with E-state index in [1.165, 1.54) is 0 Å². The van der Waals surface area contributed by atoms with Crippen LogP contribution in [-0.4, -0.2) is 19.7 Å². The maximum absolute atomic E-state index is 6.01. The zero-order valence-electron chi connectivity index (χ0n) is 12.7. The molecular formula is C18H14ClN5. The lowest BCUT2D eigenvalue weighted by Crippen LogP contribution is -2.03. The molecule has 0 fully saturated rings. The monoisotopic (exact) mass is 335 g/mol. The molecule has 0 aliphatic rings. The summed E-state index contributed by atoms with van der Waals surface area (Å²) in [6, 6.07) is 15.8. The number of anilines is 1. The highest BCUT2D eigenvalue weighted by atomic mass is 35.5. The van der Waals surface area contributed by atoms with Gasteiger partial charge in [-0.05, 0) is 42.0 Å². The van der Waals surface area contributed by atoms with Crippen LogP contribution in [0.5, 0.6) is 0 Å². The predicted octanol–water partition coefficient (Wildman–Crippen LogP) is 4.08. The molecule has 4 rings (SSSR count). The highest BCUT2D eigenvalue weighted by Crippen LogP contribution is 2.23. The molecule has 2 heterocycles. The molecule has 24 heavy (non-hydrogen) atoms. The van der Waals surface area contributed by atoms with E-state index >= 15 is 0 Å². The van der Waals surface area contributed by atoms with Crippen molar-refractivity contribution in [2.24, 2.45) is 0 Å². The van der Waals surface area contributed by atoms with Crippen molar-refractivity contribution in [1.82, 2.24) is 19.7 Å². The topological polar surface area (TPSA) is 55.6 Å². The third kappa shape index (κ3) is 2.94. The number of hydrogen-bond acceptors (Lipinski definition) is 4. The predicted molar refractivity (Wildman–Crippen MR) is 95.4 cm³/mol. The quantitative estimate of drug-likeness (QED) is 0.610.